The van der Waals surface area contributed by atoms with Gasteiger partial charge in [0, 0.05) is 31.9 Å². The molecule has 26 heavy (non-hydrogen) atoms. The molecule has 0 N–H and O–H groups in total. The van der Waals surface area contributed by atoms with Gasteiger partial charge in [0.05, 0.1) is 12.0 Å². The number of anilines is 1. The maximum absolute atomic E-state index is 13.2. The average molecular weight is 366 g/mol. The van der Waals surface area contributed by atoms with Crippen LogP contribution in [0.2, 0.25) is 0 Å². The molecular weight excluding hydrogens is 348 g/mol. The minimum absolute atomic E-state index is 0.112. The third-order valence-electron chi connectivity index (χ3n) is 4.42. The summed E-state index contributed by atoms with van der Waals surface area (Å²) < 4.78 is 51.7. The summed E-state index contributed by atoms with van der Waals surface area (Å²) in [5, 5.41) is 0. The summed E-state index contributed by atoms with van der Waals surface area (Å²) >= 11 is 0. The number of alkyl halides is 3. The standard InChI is InChI=1S/C19H18F4N2O/c20-16-5-1-3-14(11-16)12-18(26)25-9-7-24(8-10-25)17-6-2-4-15(13-17)19(21,22)23/h1-6,11,13H,7-10,12H2. The summed E-state index contributed by atoms with van der Waals surface area (Å²) in [6.45, 7) is 1.75. The number of benzene rings is 2. The van der Waals surface area contributed by atoms with Gasteiger partial charge in [0.25, 0.3) is 0 Å². The highest BCUT2D eigenvalue weighted by Crippen LogP contribution is 2.31. The van der Waals surface area contributed by atoms with E-state index in [1.165, 1.54) is 18.2 Å². The van der Waals surface area contributed by atoms with Crippen molar-refractivity contribution in [2.45, 2.75) is 12.6 Å². The number of amides is 1. The molecular formula is C19H18F4N2O. The Morgan fingerprint density at radius 2 is 1.65 bits per heavy atom. The number of rotatable bonds is 3. The van der Waals surface area contributed by atoms with E-state index in [0.717, 1.165) is 12.1 Å². The van der Waals surface area contributed by atoms with Gasteiger partial charge in [-0.2, -0.15) is 13.2 Å². The van der Waals surface area contributed by atoms with Gasteiger partial charge >= 0.3 is 6.18 Å². The Hall–Kier alpha value is -2.57. The first-order valence-corrected chi connectivity index (χ1v) is 8.27. The number of hydrogen-bond acceptors (Lipinski definition) is 2. The summed E-state index contributed by atoms with van der Waals surface area (Å²) in [5.41, 5.74) is 0.423. The van der Waals surface area contributed by atoms with Gasteiger partial charge in [-0.3, -0.25) is 4.79 Å². The van der Waals surface area contributed by atoms with E-state index in [2.05, 4.69) is 0 Å². The minimum atomic E-state index is -4.38. The van der Waals surface area contributed by atoms with Crippen LogP contribution in [0, 0.1) is 5.82 Å². The minimum Gasteiger partial charge on any atom is -0.368 e. The molecule has 1 aliphatic heterocycles. The summed E-state index contributed by atoms with van der Waals surface area (Å²) in [4.78, 5) is 15.8. The lowest BCUT2D eigenvalue weighted by molar-refractivity contribution is -0.137. The molecule has 2 aromatic rings. The van der Waals surface area contributed by atoms with Crippen molar-refractivity contribution in [3.8, 4) is 0 Å². The third kappa shape index (κ3) is 4.33. The summed E-state index contributed by atoms with van der Waals surface area (Å²) in [7, 11) is 0. The van der Waals surface area contributed by atoms with Crippen LogP contribution in [0.15, 0.2) is 48.5 Å². The fraction of sp³-hybridized carbons (Fsp3) is 0.316. The van der Waals surface area contributed by atoms with Crippen LogP contribution in [0.4, 0.5) is 23.2 Å². The Balaban J connectivity index is 1.60. The molecule has 0 atom stereocenters. The SMILES string of the molecule is O=C(Cc1cccc(F)c1)N1CCN(c2cccc(C(F)(F)F)c2)CC1. The second kappa shape index (κ2) is 7.35. The van der Waals surface area contributed by atoms with Crippen LogP contribution in [0.1, 0.15) is 11.1 Å². The fourth-order valence-corrected chi connectivity index (χ4v) is 3.03. The van der Waals surface area contributed by atoms with E-state index in [1.807, 2.05) is 4.90 Å². The average Bonchev–Trinajstić information content (AvgIpc) is 2.61. The molecule has 1 saturated heterocycles. The molecule has 0 bridgehead atoms. The summed E-state index contributed by atoms with van der Waals surface area (Å²) in [5.74, 6) is -0.496. The highest BCUT2D eigenvalue weighted by atomic mass is 19.4. The van der Waals surface area contributed by atoms with Crippen LogP contribution in [0.25, 0.3) is 0 Å². The maximum Gasteiger partial charge on any atom is 0.416 e. The number of piperazine rings is 1. The predicted octanol–water partition coefficient (Wildman–Crippen LogP) is 3.74. The molecule has 138 valence electrons. The highest BCUT2D eigenvalue weighted by molar-refractivity contribution is 5.79. The fourth-order valence-electron chi connectivity index (χ4n) is 3.03. The van der Waals surface area contributed by atoms with Gasteiger partial charge in [-0.05, 0) is 35.9 Å². The molecule has 3 rings (SSSR count). The first-order chi connectivity index (χ1) is 12.3. The van der Waals surface area contributed by atoms with Gasteiger partial charge in [-0.1, -0.05) is 18.2 Å². The molecule has 0 unspecified atom stereocenters. The van der Waals surface area contributed by atoms with E-state index < -0.39 is 11.7 Å². The Bertz CT molecular complexity index is 783. The van der Waals surface area contributed by atoms with Crippen molar-refractivity contribution >= 4 is 11.6 Å². The van der Waals surface area contributed by atoms with E-state index >= 15 is 0 Å². The Morgan fingerprint density at radius 3 is 2.31 bits per heavy atom. The number of hydrogen-bond donors (Lipinski definition) is 0. The second-order valence-electron chi connectivity index (χ2n) is 6.22. The Morgan fingerprint density at radius 1 is 0.962 bits per heavy atom. The van der Waals surface area contributed by atoms with E-state index in [0.29, 0.717) is 37.4 Å². The van der Waals surface area contributed by atoms with Gasteiger partial charge < -0.3 is 9.80 Å². The monoisotopic (exact) mass is 366 g/mol. The zero-order chi connectivity index (χ0) is 18.7. The van der Waals surface area contributed by atoms with E-state index in [1.54, 1.807) is 23.1 Å². The van der Waals surface area contributed by atoms with Gasteiger partial charge in [0.15, 0.2) is 0 Å². The third-order valence-corrected chi connectivity index (χ3v) is 4.42. The second-order valence-corrected chi connectivity index (χ2v) is 6.22. The molecule has 0 aromatic heterocycles. The Kier molecular flexibility index (Phi) is 5.15. The maximum atomic E-state index is 13.2. The predicted molar refractivity (Wildman–Crippen MR) is 90.3 cm³/mol. The molecule has 0 radical (unpaired) electrons. The quantitative estimate of drug-likeness (QED) is 0.773. The number of nitrogens with zero attached hydrogens (tertiary/aromatic N) is 2. The molecule has 0 spiro atoms. The van der Waals surface area contributed by atoms with Crippen molar-refractivity contribution in [2.24, 2.45) is 0 Å². The number of halogens is 4. The van der Waals surface area contributed by atoms with E-state index in [-0.39, 0.29) is 18.1 Å². The molecule has 1 heterocycles. The zero-order valence-corrected chi connectivity index (χ0v) is 14.0. The largest absolute Gasteiger partial charge is 0.416 e. The summed E-state index contributed by atoms with van der Waals surface area (Å²) in [6, 6.07) is 11.1. The van der Waals surface area contributed by atoms with Crippen molar-refractivity contribution in [3.63, 3.8) is 0 Å². The molecule has 2 aromatic carbocycles. The number of carbonyl (C=O) groups excluding carboxylic acids is 1. The molecule has 7 heteroatoms. The molecule has 1 amide bonds. The first kappa shape index (κ1) is 18.2. The zero-order valence-electron chi connectivity index (χ0n) is 14.0. The van der Waals surface area contributed by atoms with Crippen molar-refractivity contribution in [1.82, 2.24) is 4.90 Å². The smallest absolute Gasteiger partial charge is 0.368 e. The van der Waals surface area contributed by atoms with Crippen molar-refractivity contribution in [3.05, 3.63) is 65.5 Å². The number of carbonyl (C=O) groups is 1. The van der Waals surface area contributed by atoms with Crippen molar-refractivity contribution < 1.29 is 22.4 Å². The van der Waals surface area contributed by atoms with Gasteiger partial charge in [-0.25, -0.2) is 4.39 Å². The van der Waals surface area contributed by atoms with E-state index in [4.69, 9.17) is 0 Å². The van der Waals surface area contributed by atoms with Crippen LogP contribution >= 0.6 is 0 Å². The molecule has 0 aliphatic carbocycles. The Labute approximate surface area is 148 Å². The van der Waals surface area contributed by atoms with Crippen LogP contribution in [0.5, 0.6) is 0 Å². The molecule has 1 aliphatic rings. The van der Waals surface area contributed by atoms with Gasteiger partial charge in [-0.15, -0.1) is 0 Å². The highest BCUT2D eigenvalue weighted by Gasteiger charge is 2.31. The summed E-state index contributed by atoms with van der Waals surface area (Å²) in [6.07, 6.45) is -4.26. The van der Waals surface area contributed by atoms with Crippen molar-refractivity contribution in [2.75, 3.05) is 31.1 Å². The van der Waals surface area contributed by atoms with Crippen LogP contribution in [-0.2, 0) is 17.4 Å². The lowest BCUT2D eigenvalue weighted by atomic mass is 10.1. The van der Waals surface area contributed by atoms with Crippen molar-refractivity contribution in [1.29, 1.82) is 0 Å². The molecule has 1 fully saturated rings. The van der Waals surface area contributed by atoms with Gasteiger partial charge in [0.1, 0.15) is 5.82 Å². The van der Waals surface area contributed by atoms with Crippen LogP contribution in [-0.4, -0.2) is 37.0 Å². The normalized spacial score (nSPS) is 15.2. The lowest BCUT2D eigenvalue weighted by Crippen LogP contribution is -2.49. The van der Waals surface area contributed by atoms with Gasteiger partial charge in [0.2, 0.25) is 5.91 Å². The van der Waals surface area contributed by atoms with Crippen LogP contribution in [0.3, 0.4) is 0 Å². The first-order valence-electron chi connectivity index (χ1n) is 8.27. The van der Waals surface area contributed by atoms with Crippen LogP contribution < -0.4 is 4.90 Å². The van der Waals surface area contributed by atoms with E-state index in [9.17, 15) is 22.4 Å². The topological polar surface area (TPSA) is 23.6 Å². The molecule has 0 saturated carbocycles. The lowest BCUT2D eigenvalue weighted by Gasteiger charge is -2.36. The molecule has 3 nitrogen and oxygen atoms in total.